The number of hydrogen-bond acceptors (Lipinski definition) is 2. The summed E-state index contributed by atoms with van der Waals surface area (Å²) in [4.78, 5) is 8.08. The Hall–Kier alpha value is -2.12. The Kier molecular flexibility index (Phi) is 4.15. The van der Waals surface area contributed by atoms with Crippen LogP contribution in [0.15, 0.2) is 30.3 Å². The van der Waals surface area contributed by atoms with E-state index in [2.05, 4.69) is 9.83 Å². The quantitative estimate of drug-likeness (QED) is 0.768. The number of halogens is 2. The van der Waals surface area contributed by atoms with Gasteiger partial charge in [-0.1, -0.05) is 11.6 Å². The summed E-state index contributed by atoms with van der Waals surface area (Å²) in [5.41, 5.74) is 1.05. The molecule has 0 radical (unpaired) electrons. The monoisotopic (exact) mass is 304 g/mol. The van der Waals surface area contributed by atoms with E-state index in [1.807, 2.05) is 0 Å². The van der Waals surface area contributed by atoms with E-state index in [1.54, 1.807) is 32.0 Å². The van der Waals surface area contributed by atoms with E-state index in [-0.39, 0.29) is 5.02 Å². The van der Waals surface area contributed by atoms with Crippen molar-refractivity contribution >= 4 is 11.6 Å². The first-order chi connectivity index (χ1) is 9.89. The highest BCUT2D eigenvalue weighted by molar-refractivity contribution is 6.31. The van der Waals surface area contributed by atoms with Crippen molar-refractivity contribution in [1.82, 2.24) is 4.98 Å². The van der Waals surface area contributed by atoms with E-state index >= 15 is 0 Å². The van der Waals surface area contributed by atoms with Gasteiger partial charge >= 0.3 is 0 Å². The van der Waals surface area contributed by atoms with Crippen LogP contribution in [0.5, 0.6) is 5.75 Å². The van der Waals surface area contributed by atoms with Crippen molar-refractivity contribution in [1.29, 1.82) is 0 Å². The van der Waals surface area contributed by atoms with Crippen molar-refractivity contribution in [2.45, 2.75) is 19.4 Å². The molecule has 1 aromatic heterocycles. The van der Waals surface area contributed by atoms with Gasteiger partial charge in [-0.3, -0.25) is 0 Å². The first-order valence-electron chi connectivity index (χ1n) is 6.28. The number of hydrogen-bond donors (Lipinski definition) is 0. The molecule has 0 amide bonds. The Labute approximate surface area is 128 Å². The molecule has 21 heavy (non-hydrogen) atoms. The Bertz CT molecular complexity index is 723. The number of ether oxygens (including phenoxy) is 1. The van der Waals surface area contributed by atoms with Crippen molar-refractivity contribution < 1.29 is 9.13 Å². The van der Waals surface area contributed by atoms with Crippen molar-refractivity contribution in [2.75, 3.05) is 7.11 Å². The molecule has 2 aromatic rings. The van der Waals surface area contributed by atoms with Crippen LogP contribution >= 0.6 is 11.6 Å². The molecule has 0 aliphatic heterocycles. The van der Waals surface area contributed by atoms with Crippen LogP contribution in [0.25, 0.3) is 16.1 Å². The van der Waals surface area contributed by atoms with Crippen LogP contribution in [0.2, 0.25) is 5.02 Å². The molecule has 0 spiro atoms. The molecule has 1 heterocycles. The standard InChI is InChI=1S/C16H14ClFN2O/c1-16(2,19-3)14-8-7-13(21-4)15(20-14)10-5-6-12(18)11(17)9-10/h5-9H,1-2,4H3. The first kappa shape index (κ1) is 15.3. The molecule has 0 atom stereocenters. The second-order valence-electron chi connectivity index (χ2n) is 5.05. The molecular formula is C16H14ClFN2O. The molecule has 0 saturated carbocycles. The smallest absolute Gasteiger partial charge is 0.268 e. The van der Waals surface area contributed by atoms with Crippen molar-refractivity contribution in [2.24, 2.45) is 0 Å². The van der Waals surface area contributed by atoms with E-state index in [9.17, 15) is 4.39 Å². The molecule has 0 N–H and O–H groups in total. The fourth-order valence-corrected chi connectivity index (χ4v) is 2.04. The first-order valence-corrected chi connectivity index (χ1v) is 6.66. The third-order valence-corrected chi connectivity index (χ3v) is 3.47. The predicted octanol–water partition coefficient (Wildman–Crippen LogP) is 4.70. The van der Waals surface area contributed by atoms with Crippen molar-refractivity contribution in [3.05, 3.63) is 58.3 Å². The average molecular weight is 305 g/mol. The van der Waals surface area contributed by atoms with E-state index in [0.717, 1.165) is 0 Å². The van der Waals surface area contributed by atoms with Gasteiger partial charge in [0.15, 0.2) is 0 Å². The molecule has 0 saturated heterocycles. The van der Waals surface area contributed by atoms with E-state index < -0.39 is 11.4 Å². The maximum absolute atomic E-state index is 13.3. The van der Waals surface area contributed by atoms with Crippen LogP contribution in [0.4, 0.5) is 4.39 Å². The van der Waals surface area contributed by atoms with Crippen LogP contribution in [0, 0.1) is 12.4 Å². The van der Waals surface area contributed by atoms with Gasteiger partial charge in [-0.05, 0) is 30.3 Å². The molecule has 0 unspecified atom stereocenters. The number of methoxy groups -OCH3 is 1. The average Bonchev–Trinajstić information content (AvgIpc) is 2.49. The molecule has 3 nitrogen and oxygen atoms in total. The predicted molar refractivity (Wildman–Crippen MR) is 80.8 cm³/mol. The summed E-state index contributed by atoms with van der Waals surface area (Å²) >= 11 is 5.82. The SMILES string of the molecule is [C-]#[N+]C(C)(C)c1ccc(OC)c(-c2ccc(F)c(Cl)c2)n1. The van der Waals surface area contributed by atoms with Crippen molar-refractivity contribution in [3.8, 4) is 17.0 Å². The molecular weight excluding hydrogens is 291 g/mol. The topological polar surface area (TPSA) is 26.5 Å². The van der Waals surface area contributed by atoms with Gasteiger partial charge in [0.05, 0.1) is 12.1 Å². The van der Waals surface area contributed by atoms with Gasteiger partial charge < -0.3 is 9.58 Å². The number of benzene rings is 1. The molecule has 0 aliphatic carbocycles. The number of aromatic nitrogens is 1. The van der Waals surface area contributed by atoms with E-state index in [0.29, 0.717) is 22.7 Å². The Morgan fingerprint density at radius 1 is 1.29 bits per heavy atom. The van der Waals surface area contributed by atoms with Gasteiger partial charge in [0.2, 0.25) is 0 Å². The Morgan fingerprint density at radius 2 is 2.00 bits per heavy atom. The minimum absolute atomic E-state index is 0.0196. The maximum Gasteiger partial charge on any atom is 0.268 e. The minimum Gasteiger partial charge on any atom is -0.494 e. The molecule has 0 bridgehead atoms. The third kappa shape index (κ3) is 2.98. The molecule has 2 rings (SSSR count). The van der Waals surface area contributed by atoms with Gasteiger partial charge in [0, 0.05) is 19.4 Å². The summed E-state index contributed by atoms with van der Waals surface area (Å²) < 4.78 is 18.6. The normalized spacial score (nSPS) is 11.0. The highest BCUT2D eigenvalue weighted by Gasteiger charge is 2.29. The van der Waals surface area contributed by atoms with E-state index in [1.165, 1.54) is 19.2 Å². The summed E-state index contributed by atoms with van der Waals surface area (Å²) in [7, 11) is 1.53. The third-order valence-electron chi connectivity index (χ3n) is 3.18. The summed E-state index contributed by atoms with van der Waals surface area (Å²) in [5.74, 6) is 0.0548. The lowest BCUT2D eigenvalue weighted by Gasteiger charge is -2.14. The van der Waals surface area contributed by atoms with Gasteiger partial charge in [0.25, 0.3) is 5.54 Å². The largest absolute Gasteiger partial charge is 0.494 e. The molecule has 5 heteroatoms. The van der Waals surface area contributed by atoms with Gasteiger partial charge in [-0.2, -0.15) is 0 Å². The number of pyridine rings is 1. The second kappa shape index (κ2) is 5.71. The zero-order valence-electron chi connectivity index (χ0n) is 11.9. The summed E-state index contributed by atoms with van der Waals surface area (Å²) in [6.45, 7) is 10.8. The Balaban J connectivity index is 2.63. The number of rotatable bonds is 3. The maximum atomic E-state index is 13.3. The second-order valence-corrected chi connectivity index (χ2v) is 5.45. The highest BCUT2D eigenvalue weighted by atomic mass is 35.5. The summed E-state index contributed by atoms with van der Waals surface area (Å²) in [5, 5.41) is 0.0196. The highest BCUT2D eigenvalue weighted by Crippen LogP contribution is 2.33. The van der Waals surface area contributed by atoms with Gasteiger partial charge in [-0.15, -0.1) is 0 Å². The van der Waals surface area contributed by atoms with E-state index in [4.69, 9.17) is 22.9 Å². The van der Waals surface area contributed by atoms with Crippen LogP contribution in [-0.2, 0) is 5.54 Å². The Morgan fingerprint density at radius 3 is 2.57 bits per heavy atom. The molecule has 0 aliphatic rings. The fourth-order valence-electron chi connectivity index (χ4n) is 1.86. The zero-order chi connectivity index (χ0) is 15.6. The molecule has 1 aromatic carbocycles. The van der Waals surface area contributed by atoms with Gasteiger partial charge in [-0.25, -0.2) is 15.9 Å². The summed E-state index contributed by atoms with van der Waals surface area (Å²) in [6.07, 6.45) is 0. The lowest BCUT2D eigenvalue weighted by molar-refractivity contribution is 0.414. The fraction of sp³-hybridized carbons (Fsp3) is 0.250. The lowest BCUT2D eigenvalue weighted by atomic mass is 10.00. The molecule has 0 fully saturated rings. The number of nitrogens with zero attached hydrogens (tertiary/aromatic N) is 2. The van der Waals surface area contributed by atoms with Crippen LogP contribution in [-0.4, -0.2) is 12.1 Å². The van der Waals surface area contributed by atoms with Crippen LogP contribution in [0.3, 0.4) is 0 Å². The lowest BCUT2D eigenvalue weighted by Crippen LogP contribution is -2.14. The summed E-state index contributed by atoms with van der Waals surface area (Å²) in [6, 6.07) is 7.87. The molecule has 108 valence electrons. The van der Waals surface area contributed by atoms with Crippen LogP contribution in [0.1, 0.15) is 19.5 Å². The van der Waals surface area contributed by atoms with Crippen LogP contribution < -0.4 is 4.74 Å². The minimum atomic E-state index is -0.745. The zero-order valence-corrected chi connectivity index (χ0v) is 12.7. The van der Waals surface area contributed by atoms with Gasteiger partial charge in [0.1, 0.15) is 23.0 Å². The van der Waals surface area contributed by atoms with Crippen molar-refractivity contribution in [3.63, 3.8) is 0 Å².